The monoisotopic (exact) mass is 158 g/mol. The molecule has 0 unspecified atom stereocenters. The molecule has 0 radical (unpaired) electrons. The minimum Gasteiger partial charge on any atom is -0.457 e. The highest BCUT2D eigenvalue weighted by molar-refractivity contribution is 5.85. The normalized spacial score (nSPS) is 18.3. The van der Waals surface area contributed by atoms with Crippen LogP contribution in [0.15, 0.2) is 12.4 Å². The summed E-state index contributed by atoms with van der Waals surface area (Å²) < 4.78 is 16.8. The lowest BCUT2D eigenvalue weighted by molar-refractivity contribution is -0.145. The Morgan fingerprint density at radius 3 is 2.45 bits per heavy atom. The molecule has 11 heavy (non-hydrogen) atoms. The number of hydrogen-bond donors (Lipinski definition) is 0. The number of esters is 1. The first-order chi connectivity index (χ1) is 5.20. The van der Waals surface area contributed by atoms with Crippen LogP contribution in [0.3, 0.4) is 0 Å². The molecule has 2 nitrogen and oxygen atoms in total. The molecule has 1 rings (SSSR count). The smallest absolute Gasteiger partial charge is 0.366 e. The molecule has 62 valence electrons. The van der Waals surface area contributed by atoms with Gasteiger partial charge in [-0.05, 0) is 25.7 Å². The topological polar surface area (TPSA) is 26.3 Å². The first-order valence-electron chi connectivity index (χ1n) is 3.75. The minimum absolute atomic E-state index is 0.0741. The first-order valence-corrected chi connectivity index (χ1v) is 3.75. The second-order valence-corrected chi connectivity index (χ2v) is 2.72. The zero-order valence-corrected chi connectivity index (χ0v) is 6.31. The molecule has 0 aromatic heterocycles. The van der Waals surface area contributed by atoms with E-state index < -0.39 is 11.8 Å². The highest BCUT2D eigenvalue weighted by atomic mass is 19.1. The number of carbonyl (C=O) groups is 1. The SMILES string of the molecule is C=C(F)C(=O)OC1CCCC1. The van der Waals surface area contributed by atoms with Crippen LogP contribution in [0.4, 0.5) is 4.39 Å². The maximum Gasteiger partial charge on any atom is 0.366 e. The van der Waals surface area contributed by atoms with Gasteiger partial charge in [0.2, 0.25) is 5.83 Å². The van der Waals surface area contributed by atoms with Gasteiger partial charge in [0.15, 0.2) is 0 Å². The van der Waals surface area contributed by atoms with Crippen LogP contribution in [0.5, 0.6) is 0 Å². The molecular weight excluding hydrogens is 147 g/mol. The van der Waals surface area contributed by atoms with Gasteiger partial charge in [-0.25, -0.2) is 4.79 Å². The minimum atomic E-state index is -1.00. The average Bonchev–Trinajstić information content (AvgIpc) is 2.39. The van der Waals surface area contributed by atoms with Gasteiger partial charge in [-0.3, -0.25) is 0 Å². The lowest BCUT2D eigenvalue weighted by Crippen LogP contribution is -2.14. The number of ether oxygens (including phenoxy) is 1. The maximum atomic E-state index is 12.1. The molecule has 1 saturated carbocycles. The molecular formula is C8H11FO2. The van der Waals surface area contributed by atoms with E-state index in [1.165, 1.54) is 0 Å². The van der Waals surface area contributed by atoms with E-state index in [-0.39, 0.29) is 6.10 Å². The largest absolute Gasteiger partial charge is 0.457 e. The van der Waals surface area contributed by atoms with Gasteiger partial charge in [0.1, 0.15) is 6.10 Å². The van der Waals surface area contributed by atoms with E-state index in [2.05, 4.69) is 6.58 Å². The second kappa shape index (κ2) is 3.51. The van der Waals surface area contributed by atoms with Gasteiger partial charge in [-0.15, -0.1) is 0 Å². The predicted molar refractivity (Wildman–Crippen MR) is 38.6 cm³/mol. The van der Waals surface area contributed by atoms with Crippen LogP contribution in [0.2, 0.25) is 0 Å². The summed E-state index contributed by atoms with van der Waals surface area (Å²) in [6.07, 6.45) is 3.78. The van der Waals surface area contributed by atoms with E-state index in [0.717, 1.165) is 25.7 Å². The Hall–Kier alpha value is -0.860. The molecule has 0 heterocycles. The molecule has 1 aliphatic rings. The van der Waals surface area contributed by atoms with Gasteiger partial charge in [-0.2, -0.15) is 4.39 Å². The van der Waals surface area contributed by atoms with Crippen molar-refractivity contribution >= 4 is 5.97 Å². The Morgan fingerprint density at radius 2 is 2.00 bits per heavy atom. The molecule has 0 aromatic rings. The summed E-state index contributed by atoms with van der Waals surface area (Å²) in [5, 5.41) is 0. The van der Waals surface area contributed by atoms with Crippen molar-refractivity contribution in [2.75, 3.05) is 0 Å². The van der Waals surface area contributed by atoms with Crippen LogP contribution in [0.1, 0.15) is 25.7 Å². The number of carbonyl (C=O) groups excluding carboxylic acids is 1. The molecule has 0 saturated heterocycles. The van der Waals surface area contributed by atoms with Crippen LogP contribution < -0.4 is 0 Å². The number of rotatable bonds is 2. The van der Waals surface area contributed by atoms with Gasteiger partial charge in [0, 0.05) is 0 Å². The van der Waals surface area contributed by atoms with Crippen LogP contribution in [0, 0.1) is 0 Å². The van der Waals surface area contributed by atoms with Crippen molar-refractivity contribution < 1.29 is 13.9 Å². The molecule has 0 bridgehead atoms. The van der Waals surface area contributed by atoms with Crippen LogP contribution >= 0.6 is 0 Å². The summed E-state index contributed by atoms with van der Waals surface area (Å²) in [7, 11) is 0. The summed E-state index contributed by atoms with van der Waals surface area (Å²) >= 11 is 0. The van der Waals surface area contributed by atoms with Gasteiger partial charge >= 0.3 is 5.97 Å². The lowest BCUT2D eigenvalue weighted by atomic mass is 10.3. The van der Waals surface area contributed by atoms with E-state index in [0.29, 0.717) is 0 Å². The molecule has 0 atom stereocenters. The molecule has 3 heteroatoms. The third kappa shape index (κ3) is 2.33. The highest BCUT2D eigenvalue weighted by Gasteiger charge is 2.20. The van der Waals surface area contributed by atoms with Crippen LogP contribution in [-0.2, 0) is 9.53 Å². The fourth-order valence-electron chi connectivity index (χ4n) is 1.22. The molecule has 0 aromatic carbocycles. The predicted octanol–water partition coefficient (Wildman–Crippen LogP) is 1.96. The summed E-state index contributed by atoms with van der Waals surface area (Å²) in [5.41, 5.74) is 0. The third-order valence-corrected chi connectivity index (χ3v) is 1.80. The maximum absolute atomic E-state index is 12.1. The summed E-state index contributed by atoms with van der Waals surface area (Å²) in [4.78, 5) is 10.6. The van der Waals surface area contributed by atoms with Crippen molar-refractivity contribution in [3.63, 3.8) is 0 Å². The average molecular weight is 158 g/mol. The molecule has 0 amide bonds. The van der Waals surface area contributed by atoms with Crippen molar-refractivity contribution in [2.45, 2.75) is 31.8 Å². The standard InChI is InChI=1S/C8H11FO2/c1-6(9)8(10)11-7-4-2-3-5-7/h7H,1-5H2. The molecule has 0 N–H and O–H groups in total. The zero-order valence-electron chi connectivity index (χ0n) is 6.31. The quantitative estimate of drug-likeness (QED) is 0.453. The van der Waals surface area contributed by atoms with Crippen molar-refractivity contribution in [3.05, 3.63) is 12.4 Å². The van der Waals surface area contributed by atoms with E-state index in [1.807, 2.05) is 0 Å². The van der Waals surface area contributed by atoms with Gasteiger partial charge in [0.05, 0.1) is 0 Å². The van der Waals surface area contributed by atoms with E-state index >= 15 is 0 Å². The molecule has 1 aliphatic carbocycles. The Morgan fingerprint density at radius 1 is 1.45 bits per heavy atom. The van der Waals surface area contributed by atoms with Crippen molar-refractivity contribution in [3.8, 4) is 0 Å². The van der Waals surface area contributed by atoms with Crippen molar-refractivity contribution in [2.24, 2.45) is 0 Å². The second-order valence-electron chi connectivity index (χ2n) is 2.72. The van der Waals surface area contributed by atoms with Gasteiger partial charge in [-0.1, -0.05) is 6.58 Å². The lowest BCUT2D eigenvalue weighted by Gasteiger charge is -2.08. The summed E-state index contributed by atoms with van der Waals surface area (Å²) in [5.74, 6) is -1.91. The van der Waals surface area contributed by atoms with Crippen LogP contribution in [-0.4, -0.2) is 12.1 Å². The fraction of sp³-hybridized carbons (Fsp3) is 0.625. The molecule has 1 fully saturated rings. The highest BCUT2D eigenvalue weighted by Crippen LogP contribution is 2.21. The van der Waals surface area contributed by atoms with Crippen LogP contribution in [0.25, 0.3) is 0 Å². The fourth-order valence-corrected chi connectivity index (χ4v) is 1.22. The van der Waals surface area contributed by atoms with E-state index in [1.54, 1.807) is 0 Å². The zero-order chi connectivity index (χ0) is 8.27. The van der Waals surface area contributed by atoms with Gasteiger partial charge in [0.25, 0.3) is 0 Å². The Bertz CT molecular complexity index is 171. The molecule has 0 aliphatic heterocycles. The number of halogens is 1. The van der Waals surface area contributed by atoms with E-state index in [4.69, 9.17) is 4.74 Å². The Labute approximate surface area is 65.0 Å². The van der Waals surface area contributed by atoms with Gasteiger partial charge < -0.3 is 4.74 Å². The Kier molecular flexibility index (Phi) is 2.63. The first kappa shape index (κ1) is 8.24. The van der Waals surface area contributed by atoms with Crippen molar-refractivity contribution in [1.82, 2.24) is 0 Å². The van der Waals surface area contributed by atoms with E-state index in [9.17, 15) is 9.18 Å². The summed E-state index contributed by atoms with van der Waals surface area (Å²) in [6, 6.07) is 0. The third-order valence-electron chi connectivity index (χ3n) is 1.80. The Balaban J connectivity index is 2.29. The molecule has 0 spiro atoms. The summed E-state index contributed by atoms with van der Waals surface area (Å²) in [6.45, 7) is 2.86. The van der Waals surface area contributed by atoms with Crippen molar-refractivity contribution in [1.29, 1.82) is 0 Å². The number of hydrogen-bond acceptors (Lipinski definition) is 2.